The first kappa shape index (κ1) is 13.1. The van der Waals surface area contributed by atoms with Crippen molar-refractivity contribution >= 4 is 15.9 Å². The Bertz CT molecular complexity index is 391. The van der Waals surface area contributed by atoms with Crippen LogP contribution in [0.2, 0.25) is 0 Å². The van der Waals surface area contributed by atoms with Crippen LogP contribution in [0.4, 0.5) is 0 Å². The van der Waals surface area contributed by atoms with E-state index in [2.05, 4.69) is 32.9 Å². The molecule has 1 atom stereocenters. The number of ether oxygens (including phenoxy) is 1. The van der Waals surface area contributed by atoms with Gasteiger partial charge < -0.3 is 4.74 Å². The molecule has 1 aliphatic heterocycles. The summed E-state index contributed by atoms with van der Waals surface area (Å²) in [5.41, 5.74) is 2.41. The summed E-state index contributed by atoms with van der Waals surface area (Å²) in [7, 11) is 3.81. The summed E-state index contributed by atoms with van der Waals surface area (Å²) < 4.78 is 8.55. The molecule has 17 heavy (non-hydrogen) atoms. The first-order valence-electron chi connectivity index (χ1n) is 6.11. The van der Waals surface area contributed by atoms with Crippen molar-refractivity contribution in [3.63, 3.8) is 0 Å². The zero-order valence-electron chi connectivity index (χ0n) is 10.7. The summed E-state index contributed by atoms with van der Waals surface area (Å²) in [6.45, 7) is 5.21. The third-order valence-corrected chi connectivity index (χ3v) is 4.35. The molecule has 4 nitrogen and oxygen atoms in total. The van der Waals surface area contributed by atoms with E-state index in [1.807, 2.05) is 11.7 Å². The van der Waals surface area contributed by atoms with Crippen molar-refractivity contribution in [1.82, 2.24) is 14.7 Å². The molecule has 0 radical (unpaired) electrons. The molecule has 96 valence electrons. The van der Waals surface area contributed by atoms with Gasteiger partial charge in [-0.05, 0) is 28.8 Å². The number of halogens is 1. The molecule has 0 saturated carbocycles. The van der Waals surface area contributed by atoms with E-state index in [9.17, 15) is 0 Å². The van der Waals surface area contributed by atoms with Gasteiger partial charge in [0.1, 0.15) is 0 Å². The summed E-state index contributed by atoms with van der Waals surface area (Å²) in [6.07, 6.45) is 2.49. The predicted octanol–water partition coefficient (Wildman–Crippen LogP) is 1.97. The highest BCUT2D eigenvalue weighted by atomic mass is 79.9. The monoisotopic (exact) mass is 301 g/mol. The van der Waals surface area contributed by atoms with Crippen molar-refractivity contribution in [2.45, 2.75) is 32.4 Å². The van der Waals surface area contributed by atoms with Crippen molar-refractivity contribution < 1.29 is 4.74 Å². The summed E-state index contributed by atoms with van der Waals surface area (Å²) in [4.78, 5) is 2.43. The number of nitrogens with zero attached hydrogens (tertiary/aromatic N) is 3. The Balaban J connectivity index is 2.06. The second-order valence-electron chi connectivity index (χ2n) is 4.57. The SMILES string of the molecule is CCc1nn(C)c(CN2CCC(OC)C2)c1Br. The molecule has 1 fully saturated rings. The second kappa shape index (κ2) is 5.50. The van der Waals surface area contributed by atoms with E-state index in [1.165, 1.54) is 10.2 Å². The van der Waals surface area contributed by atoms with Crippen LogP contribution in [0.1, 0.15) is 24.7 Å². The molecule has 1 saturated heterocycles. The van der Waals surface area contributed by atoms with E-state index in [0.717, 1.165) is 38.2 Å². The van der Waals surface area contributed by atoms with E-state index < -0.39 is 0 Å². The normalized spacial score (nSPS) is 21.3. The molecule has 0 bridgehead atoms. The minimum Gasteiger partial charge on any atom is -0.380 e. The molecule has 2 rings (SSSR count). The lowest BCUT2D eigenvalue weighted by molar-refractivity contribution is 0.107. The molecule has 0 amide bonds. The van der Waals surface area contributed by atoms with Crippen LogP contribution in [0, 0.1) is 0 Å². The molecule has 0 aliphatic carbocycles. The van der Waals surface area contributed by atoms with E-state index in [-0.39, 0.29) is 0 Å². The minimum atomic E-state index is 0.396. The Morgan fingerprint density at radius 2 is 2.29 bits per heavy atom. The average Bonchev–Trinajstić information content (AvgIpc) is 2.88. The van der Waals surface area contributed by atoms with Gasteiger partial charge in [0.25, 0.3) is 0 Å². The van der Waals surface area contributed by atoms with Gasteiger partial charge in [0, 0.05) is 33.8 Å². The molecule has 1 aromatic rings. The van der Waals surface area contributed by atoms with Gasteiger partial charge in [0.15, 0.2) is 0 Å². The van der Waals surface area contributed by atoms with Gasteiger partial charge in [-0.1, -0.05) is 6.92 Å². The molecule has 5 heteroatoms. The number of methoxy groups -OCH3 is 1. The van der Waals surface area contributed by atoms with Gasteiger partial charge in [0.05, 0.1) is 22.0 Å². The number of aryl methyl sites for hydroxylation is 2. The largest absolute Gasteiger partial charge is 0.380 e. The Labute approximate surface area is 111 Å². The highest BCUT2D eigenvalue weighted by Gasteiger charge is 2.24. The van der Waals surface area contributed by atoms with Crippen molar-refractivity contribution in [2.75, 3.05) is 20.2 Å². The Hall–Kier alpha value is -0.390. The van der Waals surface area contributed by atoms with Gasteiger partial charge in [-0.25, -0.2) is 0 Å². The molecule has 0 N–H and O–H groups in total. The van der Waals surface area contributed by atoms with Crippen molar-refractivity contribution in [2.24, 2.45) is 7.05 Å². The van der Waals surface area contributed by atoms with Crippen molar-refractivity contribution in [3.05, 3.63) is 15.9 Å². The fourth-order valence-electron chi connectivity index (χ4n) is 2.34. The van der Waals surface area contributed by atoms with Crippen molar-refractivity contribution in [3.8, 4) is 0 Å². The van der Waals surface area contributed by atoms with Gasteiger partial charge in [0.2, 0.25) is 0 Å². The van der Waals surface area contributed by atoms with Crippen LogP contribution in [0.3, 0.4) is 0 Å². The molecule has 0 spiro atoms. The zero-order valence-corrected chi connectivity index (χ0v) is 12.3. The second-order valence-corrected chi connectivity index (χ2v) is 5.36. The van der Waals surface area contributed by atoms with Crippen molar-refractivity contribution in [1.29, 1.82) is 0 Å². The third kappa shape index (κ3) is 2.72. The molecule has 0 aromatic carbocycles. The van der Waals surface area contributed by atoms with Crippen LogP contribution in [-0.4, -0.2) is 41.0 Å². The molecular weight excluding hydrogens is 282 g/mol. The van der Waals surface area contributed by atoms with Gasteiger partial charge in [-0.2, -0.15) is 5.10 Å². The highest BCUT2D eigenvalue weighted by molar-refractivity contribution is 9.10. The van der Waals surface area contributed by atoms with E-state index in [1.54, 1.807) is 7.11 Å². The molecule has 1 aliphatic rings. The maximum Gasteiger partial charge on any atom is 0.0767 e. The zero-order chi connectivity index (χ0) is 12.4. The fraction of sp³-hybridized carbons (Fsp3) is 0.750. The number of aromatic nitrogens is 2. The minimum absolute atomic E-state index is 0.396. The lowest BCUT2D eigenvalue weighted by Gasteiger charge is -2.15. The van der Waals surface area contributed by atoms with Crippen LogP contribution in [0.5, 0.6) is 0 Å². The number of hydrogen-bond acceptors (Lipinski definition) is 3. The van der Waals surface area contributed by atoms with Crippen LogP contribution in [-0.2, 0) is 24.8 Å². The summed E-state index contributed by atoms with van der Waals surface area (Å²) >= 11 is 3.66. The lowest BCUT2D eigenvalue weighted by Crippen LogP contribution is -2.23. The van der Waals surface area contributed by atoms with E-state index in [0.29, 0.717) is 6.10 Å². The van der Waals surface area contributed by atoms with E-state index in [4.69, 9.17) is 4.74 Å². The van der Waals surface area contributed by atoms with Crippen LogP contribution in [0.25, 0.3) is 0 Å². The topological polar surface area (TPSA) is 30.3 Å². The van der Waals surface area contributed by atoms with Crippen LogP contribution < -0.4 is 0 Å². The van der Waals surface area contributed by atoms with Crippen LogP contribution in [0.15, 0.2) is 4.47 Å². The van der Waals surface area contributed by atoms with E-state index >= 15 is 0 Å². The lowest BCUT2D eigenvalue weighted by atomic mass is 10.3. The molecule has 1 unspecified atom stereocenters. The first-order chi connectivity index (χ1) is 8.15. The quantitative estimate of drug-likeness (QED) is 0.852. The predicted molar refractivity (Wildman–Crippen MR) is 71.0 cm³/mol. The summed E-state index contributed by atoms with van der Waals surface area (Å²) in [6, 6.07) is 0. The Morgan fingerprint density at radius 3 is 2.82 bits per heavy atom. The standard InChI is InChI=1S/C12H20BrN3O/c1-4-10-12(13)11(15(2)14-10)8-16-6-5-9(7-16)17-3/h9H,4-8H2,1-3H3. The molecular formula is C12H20BrN3O. The number of rotatable bonds is 4. The Morgan fingerprint density at radius 1 is 1.53 bits per heavy atom. The smallest absolute Gasteiger partial charge is 0.0767 e. The molecule has 2 heterocycles. The highest BCUT2D eigenvalue weighted by Crippen LogP contribution is 2.24. The summed E-state index contributed by atoms with van der Waals surface area (Å²) in [5, 5.41) is 4.52. The Kier molecular flexibility index (Phi) is 4.22. The van der Waals surface area contributed by atoms with Gasteiger partial charge in [-0.15, -0.1) is 0 Å². The summed E-state index contributed by atoms with van der Waals surface area (Å²) in [5.74, 6) is 0. The molecule has 1 aromatic heterocycles. The maximum absolute atomic E-state index is 5.39. The fourth-order valence-corrected chi connectivity index (χ4v) is 3.08. The first-order valence-corrected chi connectivity index (χ1v) is 6.90. The number of hydrogen-bond donors (Lipinski definition) is 0. The maximum atomic E-state index is 5.39. The number of likely N-dealkylation sites (tertiary alicyclic amines) is 1. The third-order valence-electron chi connectivity index (χ3n) is 3.44. The van der Waals surface area contributed by atoms with Gasteiger partial charge >= 0.3 is 0 Å². The van der Waals surface area contributed by atoms with Crippen LogP contribution >= 0.6 is 15.9 Å². The van der Waals surface area contributed by atoms with Gasteiger partial charge in [-0.3, -0.25) is 9.58 Å². The average molecular weight is 302 g/mol.